The molecule has 108 valence electrons. The Morgan fingerprint density at radius 1 is 1.18 bits per heavy atom. The molecule has 0 N–H and O–H groups in total. The molecule has 0 radical (unpaired) electrons. The molecule has 2 aromatic heterocycles. The number of benzene rings is 1. The third-order valence-electron chi connectivity index (χ3n) is 2.63. The zero-order valence-electron chi connectivity index (χ0n) is 10.8. The van der Waals surface area contributed by atoms with E-state index in [4.69, 9.17) is 16.9 Å². The number of nitriles is 1. The first-order valence-corrected chi connectivity index (χ1v) is 7.95. The minimum absolute atomic E-state index is 0.175. The fraction of sp³-hybridized carbons (Fsp3) is 0. The normalized spacial score (nSPS) is 10.4. The van der Waals surface area contributed by atoms with Crippen molar-refractivity contribution in [1.82, 2.24) is 25.2 Å². The Bertz CT molecular complexity index is 858. The van der Waals surface area contributed by atoms with Crippen molar-refractivity contribution in [3.63, 3.8) is 0 Å². The summed E-state index contributed by atoms with van der Waals surface area (Å²) in [5.74, 6) is 0. The minimum Gasteiger partial charge on any atom is -0.229 e. The first kappa shape index (κ1) is 15.0. The molecule has 0 bridgehead atoms. The fourth-order valence-corrected chi connectivity index (χ4v) is 2.82. The Morgan fingerprint density at radius 3 is 2.68 bits per heavy atom. The number of aromatic nitrogens is 5. The number of rotatable bonds is 3. The number of nitrogens with zero attached hydrogens (tertiary/aromatic N) is 6. The Balaban J connectivity index is 1.93. The number of pyridine rings is 1. The summed E-state index contributed by atoms with van der Waals surface area (Å²) >= 11 is 10.5. The second kappa shape index (κ2) is 6.44. The number of halogens is 2. The molecule has 0 spiro atoms. The van der Waals surface area contributed by atoms with Crippen molar-refractivity contribution in [2.45, 2.75) is 10.2 Å². The average Bonchev–Trinajstić information content (AvgIpc) is 2.98. The zero-order valence-corrected chi connectivity index (χ0v) is 14.0. The van der Waals surface area contributed by atoms with E-state index in [-0.39, 0.29) is 5.69 Å². The van der Waals surface area contributed by atoms with Gasteiger partial charge in [0.15, 0.2) is 5.69 Å². The molecule has 3 rings (SSSR count). The zero-order chi connectivity index (χ0) is 15.5. The maximum Gasteiger partial charge on any atom is 0.220 e. The third kappa shape index (κ3) is 3.11. The molecular weight excluding hydrogens is 388 g/mol. The summed E-state index contributed by atoms with van der Waals surface area (Å²) < 4.78 is 2.57. The van der Waals surface area contributed by atoms with E-state index >= 15 is 0 Å². The van der Waals surface area contributed by atoms with Crippen LogP contribution >= 0.6 is 39.3 Å². The van der Waals surface area contributed by atoms with Crippen LogP contribution in [-0.2, 0) is 0 Å². The van der Waals surface area contributed by atoms with Crippen molar-refractivity contribution in [2.24, 2.45) is 0 Å². The molecule has 0 saturated carbocycles. The van der Waals surface area contributed by atoms with Crippen LogP contribution in [0.15, 0.2) is 51.1 Å². The molecule has 0 aliphatic heterocycles. The van der Waals surface area contributed by atoms with Crippen molar-refractivity contribution in [2.75, 3.05) is 0 Å². The van der Waals surface area contributed by atoms with E-state index in [0.717, 1.165) is 10.2 Å². The summed E-state index contributed by atoms with van der Waals surface area (Å²) in [5.41, 5.74) is 1.000. The van der Waals surface area contributed by atoms with E-state index in [9.17, 15) is 0 Å². The van der Waals surface area contributed by atoms with Crippen molar-refractivity contribution >= 4 is 39.3 Å². The van der Waals surface area contributed by atoms with Crippen LogP contribution in [-0.4, -0.2) is 25.2 Å². The predicted molar refractivity (Wildman–Crippen MR) is 84.9 cm³/mol. The quantitative estimate of drug-likeness (QED) is 0.677. The molecule has 9 heteroatoms. The van der Waals surface area contributed by atoms with Gasteiger partial charge >= 0.3 is 0 Å². The van der Waals surface area contributed by atoms with Gasteiger partial charge in [-0.1, -0.05) is 27.5 Å². The SMILES string of the molecule is N#Cc1nc(Sc2nnnn2-c2ccc(Br)cc2)ccc1Cl. The monoisotopic (exact) mass is 392 g/mol. The molecule has 22 heavy (non-hydrogen) atoms. The topological polar surface area (TPSA) is 80.3 Å². The van der Waals surface area contributed by atoms with E-state index in [0.29, 0.717) is 15.2 Å². The van der Waals surface area contributed by atoms with Crippen LogP contribution in [0.2, 0.25) is 5.02 Å². The summed E-state index contributed by atoms with van der Waals surface area (Å²) in [4.78, 5) is 4.17. The predicted octanol–water partition coefficient (Wildman–Crippen LogP) is 3.50. The standard InChI is InChI=1S/C13H6BrClN6S/c14-8-1-3-9(4-2-8)21-13(18-19-20-21)22-12-6-5-10(15)11(7-16)17-12/h1-6H. The van der Waals surface area contributed by atoms with E-state index < -0.39 is 0 Å². The highest BCUT2D eigenvalue weighted by molar-refractivity contribution is 9.10. The number of tetrazole rings is 1. The lowest BCUT2D eigenvalue weighted by Gasteiger charge is -2.04. The van der Waals surface area contributed by atoms with Crippen molar-refractivity contribution < 1.29 is 0 Å². The maximum atomic E-state index is 8.97. The molecule has 0 saturated heterocycles. The van der Waals surface area contributed by atoms with Gasteiger partial charge < -0.3 is 0 Å². The molecule has 6 nitrogen and oxygen atoms in total. The lowest BCUT2D eigenvalue weighted by atomic mass is 10.3. The van der Waals surface area contributed by atoms with Gasteiger partial charge in [0.1, 0.15) is 11.1 Å². The molecule has 2 heterocycles. The van der Waals surface area contributed by atoms with Gasteiger partial charge in [0.2, 0.25) is 5.16 Å². The Kier molecular flexibility index (Phi) is 4.38. The molecule has 3 aromatic rings. The van der Waals surface area contributed by atoms with Crippen LogP contribution in [0.5, 0.6) is 0 Å². The number of hydrogen-bond acceptors (Lipinski definition) is 6. The molecule has 0 amide bonds. The van der Waals surface area contributed by atoms with Gasteiger partial charge in [0, 0.05) is 4.47 Å². The van der Waals surface area contributed by atoms with E-state index in [1.165, 1.54) is 11.8 Å². The smallest absolute Gasteiger partial charge is 0.220 e. The molecule has 0 atom stereocenters. The second-order valence-electron chi connectivity index (χ2n) is 4.04. The van der Waals surface area contributed by atoms with E-state index in [1.807, 2.05) is 30.3 Å². The lowest BCUT2D eigenvalue weighted by molar-refractivity contribution is 0.755. The van der Waals surface area contributed by atoms with Gasteiger partial charge in [-0.2, -0.15) is 9.94 Å². The molecule has 0 fully saturated rings. The minimum atomic E-state index is 0.175. The first-order chi connectivity index (χ1) is 10.7. The van der Waals surface area contributed by atoms with Crippen LogP contribution in [0, 0.1) is 11.3 Å². The molecule has 0 aliphatic carbocycles. The highest BCUT2D eigenvalue weighted by atomic mass is 79.9. The molecular formula is C13H6BrClN6S. The Morgan fingerprint density at radius 2 is 1.95 bits per heavy atom. The molecule has 0 unspecified atom stereocenters. The number of hydrogen-bond donors (Lipinski definition) is 0. The van der Waals surface area contributed by atoms with Crippen LogP contribution in [0.1, 0.15) is 5.69 Å². The fourth-order valence-electron chi connectivity index (χ4n) is 1.64. The Labute approximate surface area is 143 Å². The van der Waals surface area contributed by atoms with Gasteiger partial charge in [0.25, 0.3) is 0 Å². The Hall–Kier alpha value is -1.95. The van der Waals surface area contributed by atoms with Gasteiger partial charge in [-0.15, -0.1) is 5.10 Å². The van der Waals surface area contributed by atoms with Crippen molar-refractivity contribution in [1.29, 1.82) is 5.26 Å². The van der Waals surface area contributed by atoms with Crippen LogP contribution in [0.25, 0.3) is 5.69 Å². The summed E-state index contributed by atoms with van der Waals surface area (Å²) in [7, 11) is 0. The van der Waals surface area contributed by atoms with E-state index in [1.54, 1.807) is 16.8 Å². The highest BCUT2D eigenvalue weighted by Crippen LogP contribution is 2.27. The summed E-state index contributed by atoms with van der Waals surface area (Å²) in [6.45, 7) is 0. The largest absolute Gasteiger partial charge is 0.229 e. The van der Waals surface area contributed by atoms with Gasteiger partial charge in [0.05, 0.1) is 10.7 Å². The summed E-state index contributed by atoms with van der Waals surface area (Å²) in [6, 6.07) is 12.9. The third-order valence-corrected chi connectivity index (χ3v) is 4.34. The van der Waals surface area contributed by atoms with Crippen LogP contribution in [0.3, 0.4) is 0 Å². The van der Waals surface area contributed by atoms with Crippen molar-refractivity contribution in [3.05, 3.63) is 51.6 Å². The van der Waals surface area contributed by atoms with Crippen molar-refractivity contribution in [3.8, 4) is 11.8 Å². The van der Waals surface area contributed by atoms with E-state index in [2.05, 4.69) is 36.4 Å². The average molecular weight is 394 g/mol. The lowest BCUT2D eigenvalue weighted by Crippen LogP contribution is -1.99. The van der Waals surface area contributed by atoms with Crippen LogP contribution in [0.4, 0.5) is 0 Å². The maximum absolute atomic E-state index is 8.97. The molecule has 0 aliphatic rings. The van der Waals surface area contributed by atoms with Gasteiger partial charge in [-0.3, -0.25) is 0 Å². The van der Waals surface area contributed by atoms with Gasteiger partial charge in [-0.25, -0.2) is 4.98 Å². The second-order valence-corrected chi connectivity index (χ2v) is 6.35. The molecule has 1 aromatic carbocycles. The van der Waals surface area contributed by atoms with Gasteiger partial charge in [-0.05, 0) is 58.6 Å². The highest BCUT2D eigenvalue weighted by Gasteiger charge is 2.12. The summed E-state index contributed by atoms with van der Waals surface area (Å²) in [5, 5.41) is 22.1. The summed E-state index contributed by atoms with van der Waals surface area (Å²) in [6.07, 6.45) is 0. The van der Waals surface area contributed by atoms with Crippen LogP contribution < -0.4 is 0 Å². The first-order valence-electron chi connectivity index (χ1n) is 5.96.